The molecule has 1 aliphatic heterocycles. The molecule has 1 aliphatic rings. The van der Waals surface area contributed by atoms with Crippen molar-refractivity contribution in [2.45, 2.75) is 11.6 Å². The summed E-state index contributed by atoms with van der Waals surface area (Å²) in [5, 5.41) is -1.04. The molecule has 0 aliphatic carbocycles. The van der Waals surface area contributed by atoms with E-state index >= 15 is 0 Å². The normalized spacial score (nSPS) is 18.3. The summed E-state index contributed by atoms with van der Waals surface area (Å²) in [5.41, 5.74) is -0.546. The molecule has 1 amide bonds. The Morgan fingerprint density at radius 2 is 1.88 bits per heavy atom. The van der Waals surface area contributed by atoms with E-state index in [0.29, 0.717) is 0 Å². The molecule has 1 fully saturated rings. The minimum atomic E-state index is -4.53. The van der Waals surface area contributed by atoms with Crippen LogP contribution in [0.15, 0.2) is 42.5 Å². The lowest BCUT2D eigenvalue weighted by Gasteiger charge is -2.26. The van der Waals surface area contributed by atoms with Gasteiger partial charge >= 0.3 is 6.18 Å². The minimum Gasteiger partial charge on any atom is -0.295 e. The lowest BCUT2D eigenvalue weighted by Crippen LogP contribution is -2.29. The summed E-state index contributed by atoms with van der Waals surface area (Å²) in [6.07, 6.45) is -4.53. The lowest BCUT2D eigenvalue weighted by molar-refractivity contribution is -0.138. The van der Waals surface area contributed by atoms with Gasteiger partial charge in [-0.3, -0.25) is 9.69 Å². The SMILES string of the molecule is O=C1CS[C@@H](c2ccccc2C(F)(F)F)N1c1ccc(F)c(Cl)c1. The highest BCUT2D eigenvalue weighted by atomic mass is 35.5. The first-order valence-corrected chi connectivity index (χ1v) is 8.26. The second-order valence-electron chi connectivity index (χ2n) is 5.11. The summed E-state index contributed by atoms with van der Waals surface area (Å²) in [4.78, 5) is 13.4. The minimum absolute atomic E-state index is 0.0127. The molecule has 3 rings (SSSR count). The number of hydrogen-bond acceptors (Lipinski definition) is 2. The zero-order chi connectivity index (χ0) is 17.5. The molecule has 2 nitrogen and oxygen atoms in total. The first-order valence-electron chi connectivity index (χ1n) is 6.84. The Labute approximate surface area is 144 Å². The number of rotatable bonds is 2. The molecule has 126 valence electrons. The highest BCUT2D eigenvalue weighted by Crippen LogP contribution is 2.46. The van der Waals surface area contributed by atoms with Gasteiger partial charge in [-0.15, -0.1) is 11.8 Å². The van der Waals surface area contributed by atoms with Crippen LogP contribution in [0.5, 0.6) is 0 Å². The molecule has 24 heavy (non-hydrogen) atoms. The number of benzene rings is 2. The van der Waals surface area contributed by atoms with E-state index in [1.165, 1.54) is 35.2 Å². The van der Waals surface area contributed by atoms with Gasteiger partial charge < -0.3 is 0 Å². The van der Waals surface area contributed by atoms with Gasteiger partial charge in [0.2, 0.25) is 5.91 Å². The van der Waals surface area contributed by atoms with Crippen molar-refractivity contribution in [1.82, 2.24) is 0 Å². The van der Waals surface area contributed by atoms with Gasteiger partial charge in [-0.1, -0.05) is 29.8 Å². The third-order valence-corrected chi connectivity index (χ3v) is 5.07. The van der Waals surface area contributed by atoms with E-state index in [2.05, 4.69) is 0 Å². The maximum Gasteiger partial charge on any atom is 0.416 e. The zero-order valence-electron chi connectivity index (χ0n) is 12.0. The average molecular weight is 376 g/mol. The predicted molar refractivity (Wildman–Crippen MR) is 85.5 cm³/mol. The predicted octanol–water partition coefficient (Wildman–Crippen LogP) is 5.28. The van der Waals surface area contributed by atoms with E-state index in [4.69, 9.17) is 11.6 Å². The number of thioether (sulfide) groups is 1. The van der Waals surface area contributed by atoms with Crippen LogP contribution < -0.4 is 4.90 Å². The van der Waals surface area contributed by atoms with Gasteiger partial charge in [-0.2, -0.15) is 13.2 Å². The van der Waals surface area contributed by atoms with Crippen molar-refractivity contribution in [2.24, 2.45) is 0 Å². The quantitative estimate of drug-likeness (QED) is 0.666. The number of carbonyl (C=O) groups excluding carboxylic acids is 1. The molecule has 2 aromatic carbocycles. The fraction of sp³-hybridized carbons (Fsp3) is 0.188. The number of carbonyl (C=O) groups is 1. The molecule has 0 saturated carbocycles. The summed E-state index contributed by atoms with van der Waals surface area (Å²) in [6.45, 7) is 0. The van der Waals surface area contributed by atoms with E-state index in [0.717, 1.165) is 23.9 Å². The maximum absolute atomic E-state index is 13.3. The molecule has 1 atom stereocenters. The van der Waals surface area contributed by atoms with Crippen LogP contribution in [0, 0.1) is 5.82 Å². The van der Waals surface area contributed by atoms with E-state index in [1.807, 2.05) is 0 Å². The van der Waals surface area contributed by atoms with Crippen LogP contribution in [0.4, 0.5) is 23.2 Å². The Hall–Kier alpha value is -1.73. The second-order valence-corrected chi connectivity index (χ2v) is 6.59. The molecule has 0 spiro atoms. The maximum atomic E-state index is 13.3. The molecule has 2 aromatic rings. The Morgan fingerprint density at radius 1 is 1.17 bits per heavy atom. The zero-order valence-corrected chi connectivity index (χ0v) is 13.6. The van der Waals surface area contributed by atoms with Gasteiger partial charge in [-0.05, 0) is 29.8 Å². The van der Waals surface area contributed by atoms with Crippen molar-refractivity contribution in [3.8, 4) is 0 Å². The summed E-state index contributed by atoms with van der Waals surface area (Å²) in [7, 11) is 0. The number of alkyl halides is 3. The Bertz CT molecular complexity index is 796. The van der Waals surface area contributed by atoms with Crippen LogP contribution in [0.3, 0.4) is 0 Å². The van der Waals surface area contributed by atoms with Gasteiger partial charge in [0, 0.05) is 5.69 Å². The number of hydrogen-bond donors (Lipinski definition) is 0. The van der Waals surface area contributed by atoms with E-state index in [-0.39, 0.29) is 27.9 Å². The average Bonchev–Trinajstić information content (AvgIpc) is 2.91. The van der Waals surface area contributed by atoms with Crippen LogP contribution >= 0.6 is 23.4 Å². The third-order valence-electron chi connectivity index (χ3n) is 3.58. The molecular weight excluding hydrogens is 366 g/mol. The number of halogens is 5. The van der Waals surface area contributed by atoms with Crippen molar-refractivity contribution in [3.63, 3.8) is 0 Å². The molecular formula is C16H10ClF4NOS. The largest absolute Gasteiger partial charge is 0.416 e. The van der Waals surface area contributed by atoms with Crippen molar-refractivity contribution in [3.05, 3.63) is 64.4 Å². The monoisotopic (exact) mass is 375 g/mol. The van der Waals surface area contributed by atoms with Crippen LogP contribution in [0.1, 0.15) is 16.5 Å². The number of nitrogens with zero attached hydrogens (tertiary/aromatic N) is 1. The molecule has 0 N–H and O–H groups in total. The number of amides is 1. The summed E-state index contributed by atoms with van der Waals surface area (Å²) in [6, 6.07) is 8.76. The lowest BCUT2D eigenvalue weighted by atomic mass is 10.1. The molecule has 0 bridgehead atoms. The summed E-state index contributed by atoms with van der Waals surface area (Å²) in [5.74, 6) is -0.983. The molecule has 0 unspecified atom stereocenters. The number of anilines is 1. The topological polar surface area (TPSA) is 20.3 Å². The highest BCUT2D eigenvalue weighted by Gasteiger charge is 2.41. The van der Waals surface area contributed by atoms with E-state index in [9.17, 15) is 22.4 Å². The summed E-state index contributed by atoms with van der Waals surface area (Å²) < 4.78 is 53.1. The van der Waals surface area contributed by atoms with Gasteiger partial charge in [0.15, 0.2) is 0 Å². The van der Waals surface area contributed by atoms with Crippen molar-refractivity contribution < 1.29 is 22.4 Å². The van der Waals surface area contributed by atoms with Gasteiger partial charge in [0.1, 0.15) is 11.2 Å². The van der Waals surface area contributed by atoms with Gasteiger partial charge in [-0.25, -0.2) is 4.39 Å². The molecule has 0 aromatic heterocycles. The molecule has 8 heteroatoms. The van der Waals surface area contributed by atoms with Crippen LogP contribution in [-0.4, -0.2) is 11.7 Å². The molecule has 1 heterocycles. The Kier molecular flexibility index (Phi) is 4.48. The van der Waals surface area contributed by atoms with Gasteiger partial charge in [0.05, 0.1) is 16.3 Å². The van der Waals surface area contributed by atoms with Crippen molar-refractivity contribution in [2.75, 3.05) is 10.7 Å². The third kappa shape index (κ3) is 3.10. The Balaban J connectivity index is 2.08. The van der Waals surface area contributed by atoms with Crippen LogP contribution in [0.2, 0.25) is 5.02 Å². The first kappa shape index (κ1) is 17.1. The summed E-state index contributed by atoms with van der Waals surface area (Å²) >= 11 is 6.82. The fourth-order valence-electron chi connectivity index (χ4n) is 2.54. The van der Waals surface area contributed by atoms with E-state index < -0.39 is 22.9 Å². The Morgan fingerprint density at radius 3 is 2.54 bits per heavy atom. The van der Waals surface area contributed by atoms with E-state index in [1.54, 1.807) is 0 Å². The molecule has 0 radical (unpaired) electrons. The van der Waals surface area contributed by atoms with Crippen molar-refractivity contribution >= 4 is 35.0 Å². The molecule has 1 saturated heterocycles. The van der Waals surface area contributed by atoms with Crippen LogP contribution in [-0.2, 0) is 11.0 Å². The van der Waals surface area contributed by atoms with Crippen LogP contribution in [0.25, 0.3) is 0 Å². The smallest absolute Gasteiger partial charge is 0.295 e. The highest BCUT2D eigenvalue weighted by molar-refractivity contribution is 8.00. The fourth-order valence-corrected chi connectivity index (χ4v) is 3.93. The van der Waals surface area contributed by atoms with Gasteiger partial charge in [0.25, 0.3) is 0 Å². The van der Waals surface area contributed by atoms with Crippen molar-refractivity contribution in [1.29, 1.82) is 0 Å². The second kappa shape index (κ2) is 6.29. The standard InChI is InChI=1S/C16H10ClF4NOS/c17-12-7-9(5-6-13(12)18)22-14(23)8-24-15(22)10-3-1-2-4-11(10)16(19,20)21/h1-7,15H,8H2/t15-/m0/s1. The first-order chi connectivity index (χ1) is 11.3.